The van der Waals surface area contributed by atoms with Gasteiger partial charge in [0.05, 0.1) is 5.02 Å². The zero-order chi connectivity index (χ0) is 15.6. The summed E-state index contributed by atoms with van der Waals surface area (Å²) in [5.41, 5.74) is -1.00. The first-order valence-corrected chi connectivity index (χ1v) is 5.64. The average Bonchev–Trinajstić information content (AvgIpc) is 2.78. The number of ether oxygens (including phenoxy) is 2. The Kier molecular flexibility index (Phi) is 2.75. The molecular formula is C10H3ClF6N2O2. The first kappa shape index (κ1) is 14.1. The molecule has 4 nitrogen and oxygen atoms in total. The SMILES string of the molecule is FC1Oc2cc(Cl)c3nc(C(F)(F)F)[nH]c3c2OC1(F)F. The Balaban J connectivity index is 2.26. The van der Waals surface area contributed by atoms with Gasteiger partial charge >= 0.3 is 18.6 Å². The van der Waals surface area contributed by atoms with E-state index in [1.165, 1.54) is 0 Å². The van der Waals surface area contributed by atoms with E-state index in [0.29, 0.717) is 0 Å². The van der Waals surface area contributed by atoms with Crippen molar-refractivity contribution < 1.29 is 35.8 Å². The molecule has 1 N–H and O–H groups in total. The molecule has 0 saturated heterocycles. The summed E-state index contributed by atoms with van der Waals surface area (Å²) in [4.78, 5) is 4.95. The molecule has 1 unspecified atom stereocenters. The van der Waals surface area contributed by atoms with Gasteiger partial charge in [-0.2, -0.15) is 26.3 Å². The third kappa shape index (κ3) is 2.13. The van der Waals surface area contributed by atoms with E-state index in [1.54, 1.807) is 4.98 Å². The fourth-order valence-corrected chi connectivity index (χ4v) is 2.00. The minimum absolute atomic E-state index is 0.337. The molecule has 1 atom stereocenters. The van der Waals surface area contributed by atoms with Crippen molar-refractivity contribution >= 4 is 22.6 Å². The zero-order valence-corrected chi connectivity index (χ0v) is 10.3. The quantitative estimate of drug-likeness (QED) is 0.744. The summed E-state index contributed by atoms with van der Waals surface area (Å²) in [5.74, 6) is -2.80. The summed E-state index contributed by atoms with van der Waals surface area (Å²) < 4.78 is 85.4. The molecule has 0 amide bonds. The lowest BCUT2D eigenvalue weighted by molar-refractivity contribution is -0.281. The molecule has 1 aliphatic rings. The second-order valence-electron chi connectivity index (χ2n) is 4.09. The summed E-state index contributed by atoms with van der Waals surface area (Å²) in [6.07, 6.45) is -12.3. The maximum atomic E-state index is 13.1. The van der Waals surface area contributed by atoms with Crippen molar-refractivity contribution in [3.8, 4) is 11.5 Å². The number of benzene rings is 1. The van der Waals surface area contributed by atoms with E-state index in [4.69, 9.17) is 11.6 Å². The smallest absolute Gasteiger partial charge is 0.447 e. The molecule has 2 aromatic rings. The summed E-state index contributed by atoms with van der Waals surface area (Å²) in [6.45, 7) is 0. The number of H-pyrrole nitrogens is 1. The van der Waals surface area contributed by atoms with Crippen molar-refractivity contribution in [2.75, 3.05) is 0 Å². The lowest BCUT2D eigenvalue weighted by atomic mass is 10.2. The molecule has 0 saturated carbocycles. The maximum Gasteiger partial charge on any atom is 0.468 e. The molecule has 11 heteroatoms. The average molecular weight is 333 g/mol. The van der Waals surface area contributed by atoms with Gasteiger partial charge in [-0.15, -0.1) is 0 Å². The zero-order valence-electron chi connectivity index (χ0n) is 9.56. The Labute approximate surface area is 116 Å². The van der Waals surface area contributed by atoms with E-state index in [0.717, 1.165) is 6.07 Å². The predicted octanol–water partition coefficient (Wildman–Crippen LogP) is 3.89. The van der Waals surface area contributed by atoms with Crippen LogP contribution >= 0.6 is 11.6 Å². The van der Waals surface area contributed by atoms with Gasteiger partial charge in [0.25, 0.3) is 0 Å². The van der Waals surface area contributed by atoms with E-state index < -0.39 is 47.0 Å². The van der Waals surface area contributed by atoms with Crippen molar-refractivity contribution in [1.29, 1.82) is 0 Å². The van der Waals surface area contributed by atoms with Crippen molar-refractivity contribution in [3.63, 3.8) is 0 Å². The molecule has 1 aromatic carbocycles. The Bertz CT molecular complexity index is 728. The van der Waals surface area contributed by atoms with Crippen LogP contribution in [0.4, 0.5) is 26.3 Å². The molecule has 2 heterocycles. The standard InChI is InChI=1S/C10H3ClF6N2O2/c11-2-1-3-6(21-10(16,17)7(12)20-3)5-4(2)18-8(19-5)9(13,14)15/h1,7H,(H,18,19). The van der Waals surface area contributed by atoms with E-state index in [1.807, 2.05) is 0 Å². The number of halogens is 7. The summed E-state index contributed by atoms with van der Waals surface area (Å²) >= 11 is 5.68. The highest BCUT2D eigenvalue weighted by atomic mass is 35.5. The normalized spacial score (nSPS) is 20.8. The van der Waals surface area contributed by atoms with Crippen LogP contribution in [0.15, 0.2) is 6.07 Å². The van der Waals surface area contributed by atoms with Gasteiger partial charge in [0.1, 0.15) is 11.0 Å². The number of hydrogen-bond donors (Lipinski definition) is 1. The predicted molar refractivity (Wildman–Crippen MR) is 57.2 cm³/mol. The van der Waals surface area contributed by atoms with E-state index in [9.17, 15) is 26.3 Å². The molecule has 21 heavy (non-hydrogen) atoms. The molecule has 0 radical (unpaired) electrons. The Morgan fingerprint density at radius 2 is 2.00 bits per heavy atom. The Hall–Kier alpha value is -1.84. The first-order chi connectivity index (χ1) is 9.59. The second kappa shape index (κ2) is 4.09. The molecule has 1 aliphatic heterocycles. The number of alkyl halides is 6. The third-order valence-corrected chi connectivity index (χ3v) is 2.93. The van der Waals surface area contributed by atoms with E-state index in [-0.39, 0.29) is 5.02 Å². The van der Waals surface area contributed by atoms with Crippen LogP contribution in [-0.4, -0.2) is 22.4 Å². The van der Waals surface area contributed by atoms with Gasteiger partial charge in [-0.05, 0) is 0 Å². The molecule has 0 fully saturated rings. The number of nitrogens with one attached hydrogen (secondary N) is 1. The molecule has 0 aliphatic carbocycles. The Morgan fingerprint density at radius 3 is 2.62 bits per heavy atom. The monoisotopic (exact) mass is 332 g/mol. The number of aromatic nitrogens is 2. The molecule has 114 valence electrons. The summed E-state index contributed by atoms with van der Waals surface area (Å²) in [5, 5.41) is -0.337. The minimum atomic E-state index is -4.85. The van der Waals surface area contributed by atoms with Gasteiger partial charge in [0.2, 0.25) is 5.82 Å². The van der Waals surface area contributed by atoms with Crippen LogP contribution in [0.3, 0.4) is 0 Å². The van der Waals surface area contributed by atoms with Crippen molar-refractivity contribution in [2.24, 2.45) is 0 Å². The van der Waals surface area contributed by atoms with Gasteiger partial charge in [0, 0.05) is 6.07 Å². The maximum absolute atomic E-state index is 13.1. The lowest BCUT2D eigenvalue weighted by Crippen LogP contribution is -2.43. The van der Waals surface area contributed by atoms with Gasteiger partial charge in [0.15, 0.2) is 11.5 Å². The molecule has 1 aromatic heterocycles. The van der Waals surface area contributed by atoms with Gasteiger partial charge in [-0.25, -0.2) is 4.98 Å². The molecular weight excluding hydrogens is 330 g/mol. The number of hydrogen-bond acceptors (Lipinski definition) is 3. The van der Waals surface area contributed by atoms with Gasteiger partial charge < -0.3 is 14.5 Å². The largest absolute Gasteiger partial charge is 0.468 e. The van der Waals surface area contributed by atoms with Crippen LogP contribution < -0.4 is 9.47 Å². The van der Waals surface area contributed by atoms with Crippen LogP contribution in [0.25, 0.3) is 11.0 Å². The van der Waals surface area contributed by atoms with Crippen LogP contribution in [0.5, 0.6) is 11.5 Å². The molecule has 3 rings (SSSR count). The van der Waals surface area contributed by atoms with Crippen molar-refractivity contribution in [1.82, 2.24) is 9.97 Å². The van der Waals surface area contributed by atoms with Crippen LogP contribution in [-0.2, 0) is 6.18 Å². The fraction of sp³-hybridized carbons (Fsp3) is 0.300. The fourth-order valence-electron chi connectivity index (χ4n) is 1.77. The van der Waals surface area contributed by atoms with Crippen molar-refractivity contribution in [2.45, 2.75) is 18.6 Å². The van der Waals surface area contributed by atoms with E-state index >= 15 is 0 Å². The first-order valence-electron chi connectivity index (χ1n) is 5.26. The third-order valence-electron chi connectivity index (χ3n) is 2.64. The van der Waals surface area contributed by atoms with Crippen LogP contribution in [0.1, 0.15) is 5.82 Å². The van der Waals surface area contributed by atoms with Crippen molar-refractivity contribution in [3.05, 3.63) is 16.9 Å². The second-order valence-corrected chi connectivity index (χ2v) is 4.50. The number of nitrogens with zero attached hydrogens (tertiary/aromatic N) is 1. The number of rotatable bonds is 0. The highest BCUT2D eigenvalue weighted by molar-refractivity contribution is 6.35. The highest BCUT2D eigenvalue weighted by Crippen LogP contribution is 2.47. The van der Waals surface area contributed by atoms with Gasteiger partial charge in [-0.3, -0.25) is 0 Å². The molecule has 0 spiro atoms. The summed E-state index contributed by atoms with van der Waals surface area (Å²) in [6, 6.07) is 0.849. The van der Waals surface area contributed by atoms with Crippen LogP contribution in [0, 0.1) is 0 Å². The number of aromatic amines is 1. The number of imidazole rings is 1. The van der Waals surface area contributed by atoms with Gasteiger partial charge in [-0.1, -0.05) is 11.6 Å². The lowest BCUT2D eigenvalue weighted by Gasteiger charge is -2.28. The minimum Gasteiger partial charge on any atom is -0.447 e. The Morgan fingerprint density at radius 1 is 1.33 bits per heavy atom. The summed E-state index contributed by atoms with van der Waals surface area (Å²) in [7, 11) is 0. The molecule has 0 bridgehead atoms. The topological polar surface area (TPSA) is 47.1 Å². The number of fused-ring (bicyclic) bond motifs is 3. The van der Waals surface area contributed by atoms with E-state index in [2.05, 4.69) is 14.5 Å². The van der Waals surface area contributed by atoms with Crippen LogP contribution in [0.2, 0.25) is 5.02 Å². The highest BCUT2D eigenvalue weighted by Gasteiger charge is 2.50.